The summed E-state index contributed by atoms with van der Waals surface area (Å²) in [6.07, 6.45) is 2.36. The second kappa shape index (κ2) is 8.28. The molecular formula is C23H22N4O5S. The maximum absolute atomic E-state index is 12.7. The Morgan fingerprint density at radius 2 is 1.73 bits per heavy atom. The van der Waals surface area contributed by atoms with Crippen LogP contribution in [0.3, 0.4) is 0 Å². The largest absolute Gasteiger partial charge is 0.618 e. The van der Waals surface area contributed by atoms with Gasteiger partial charge < -0.3 is 9.94 Å². The Morgan fingerprint density at radius 3 is 2.30 bits per heavy atom. The molecule has 0 fully saturated rings. The van der Waals surface area contributed by atoms with Crippen LogP contribution in [0.25, 0.3) is 28.0 Å². The molecule has 9 nitrogen and oxygen atoms in total. The van der Waals surface area contributed by atoms with Crippen LogP contribution in [0.4, 0.5) is 0 Å². The fourth-order valence-corrected chi connectivity index (χ4v) is 4.43. The molecular weight excluding hydrogens is 444 g/mol. The van der Waals surface area contributed by atoms with E-state index in [1.165, 1.54) is 10.6 Å². The zero-order valence-corrected chi connectivity index (χ0v) is 19.4. The van der Waals surface area contributed by atoms with Crippen LogP contribution in [0.5, 0.6) is 0 Å². The Labute approximate surface area is 190 Å². The molecule has 33 heavy (non-hydrogen) atoms. The van der Waals surface area contributed by atoms with Crippen LogP contribution >= 0.6 is 0 Å². The first-order valence-corrected chi connectivity index (χ1v) is 12.1. The number of esters is 1. The van der Waals surface area contributed by atoms with Gasteiger partial charge in [-0.3, -0.25) is 4.40 Å². The lowest BCUT2D eigenvalue weighted by Gasteiger charge is -2.15. The average molecular weight is 467 g/mol. The van der Waals surface area contributed by atoms with E-state index in [1.807, 2.05) is 18.2 Å². The quantitative estimate of drug-likeness (QED) is 0.192. The summed E-state index contributed by atoms with van der Waals surface area (Å²) in [5, 5.41) is 12.0. The lowest BCUT2D eigenvalue weighted by Crippen LogP contribution is -2.33. The number of aromatic nitrogens is 4. The summed E-state index contributed by atoms with van der Waals surface area (Å²) in [5.74, 6) is -0.675. The van der Waals surface area contributed by atoms with E-state index in [-0.39, 0.29) is 23.1 Å². The number of sulfone groups is 1. The van der Waals surface area contributed by atoms with Crippen LogP contribution in [0, 0.1) is 19.1 Å². The highest BCUT2D eigenvalue weighted by atomic mass is 32.2. The van der Waals surface area contributed by atoms with Crippen molar-refractivity contribution in [1.82, 2.24) is 14.4 Å². The first-order chi connectivity index (χ1) is 15.6. The van der Waals surface area contributed by atoms with Gasteiger partial charge in [-0.2, -0.15) is 4.73 Å². The third-order valence-corrected chi connectivity index (χ3v) is 6.05. The van der Waals surface area contributed by atoms with Gasteiger partial charge in [0, 0.05) is 49.6 Å². The number of pyridine rings is 1. The second-order valence-corrected chi connectivity index (χ2v) is 9.53. The molecule has 10 heteroatoms. The van der Waals surface area contributed by atoms with Gasteiger partial charge in [-0.1, -0.05) is 30.3 Å². The van der Waals surface area contributed by atoms with Gasteiger partial charge in [0.15, 0.2) is 17.1 Å². The highest BCUT2D eigenvalue weighted by molar-refractivity contribution is 7.90. The van der Waals surface area contributed by atoms with Crippen molar-refractivity contribution in [3.8, 4) is 22.4 Å². The van der Waals surface area contributed by atoms with Crippen molar-refractivity contribution in [3.05, 3.63) is 71.0 Å². The first-order valence-electron chi connectivity index (χ1n) is 10.2. The Hall–Kier alpha value is -3.79. The number of fused-ring (bicyclic) bond motifs is 1. The van der Waals surface area contributed by atoms with Crippen molar-refractivity contribution in [3.63, 3.8) is 0 Å². The summed E-state index contributed by atoms with van der Waals surface area (Å²) in [6, 6.07) is 12.4. The molecule has 0 saturated heterocycles. The first kappa shape index (κ1) is 22.4. The van der Waals surface area contributed by atoms with E-state index < -0.39 is 15.8 Å². The number of carbonyl (C=O) groups excluding carboxylic acids is 1. The Balaban J connectivity index is 2.19. The van der Waals surface area contributed by atoms with Crippen molar-refractivity contribution < 1.29 is 22.7 Å². The van der Waals surface area contributed by atoms with E-state index in [0.717, 1.165) is 11.0 Å². The van der Waals surface area contributed by atoms with Crippen LogP contribution in [0.2, 0.25) is 0 Å². The highest BCUT2D eigenvalue weighted by Gasteiger charge is 2.26. The smallest absolute Gasteiger partial charge is 0.358 e. The van der Waals surface area contributed by atoms with E-state index >= 15 is 0 Å². The molecule has 0 radical (unpaired) electrons. The molecule has 4 rings (SSSR count). The topological polar surface area (TPSA) is 118 Å². The zero-order chi connectivity index (χ0) is 23.9. The standard InChI is InChI=1S/C23H22N4O5S/c1-5-32-22(28)18-13-26-21(24-18)19(17-11-14(2)27(29)15(3)12-17)20(16-9-7-6-8-10-16)25-23(26)33(4,30)31/h6-13H,5H2,1-4H3. The third-order valence-electron chi connectivity index (χ3n) is 5.10. The predicted molar refractivity (Wildman–Crippen MR) is 121 cm³/mol. The van der Waals surface area contributed by atoms with Gasteiger partial charge in [0.1, 0.15) is 5.65 Å². The summed E-state index contributed by atoms with van der Waals surface area (Å²) in [6.45, 7) is 5.17. The maximum Gasteiger partial charge on any atom is 0.358 e. The minimum atomic E-state index is -3.80. The monoisotopic (exact) mass is 466 g/mol. The Kier molecular flexibility index (Phi) is 5.62. The predicted octanol–water partition coefficient (Wildman–Crippen LogP) is 2.89. The van der Waals surface area contributed by atoms with Gasteiger partial charge >= 0.3 is 5.97 Å². The van der Waals surface area contributed by atoms with Crippen LogP contribution < -0.4 is 4.73 Å². The van der Waals surface area contributed by atoms with Gasteiger partial charge in [-0.05, 0) is 6.92 Å². The normalized spacial score (nSPS) is 11.6. The lowest BCUT2D eigenvalue weighted by molar-refractivity contribution is -0.619. The van der Waals surface area contributed by atoms with E-state index in [9.17, 15) is 18.4 Å². The fourth-order valence-electron chi connectivity index (χ4n) is 3.68. The SMILES string of the molecule is CCOC(=O)c1cn2c(S(C)(=O)=O)nc(-c3ccccc3)c(-c3cc(C)[n+]([O-])c(C)c3)c2n1. The fraction of sp³-hybridized carbons (Fsp3) is 0.217. The van der Waals surface area contributed by atoms with Crippen LogP contribution in [-0.2, 0) is 14.6 Å². The molecule has 0 unspecified atom stereocenters. The maximum atomic E-state index is 12.7. The number of hydrogen-bond donors (Lipinski definition) is 0. The Morgan fingerprint density at radius 1 is 1.09 bits per heavy atom. The Bertz CT molecular complexity index is 1470. The number of ether oxygens (including phenoxy) is 1. The lowest BCUT2D eigenvalue weighted by atomic mass is 9.99. The third kappa shape index (κ3) is 4.05. The van der Waals surface area contributed by atoms with Gasteiger partial charge in [-0.25, -0.2) is 23.2 Å². The molecule has 170 valence electrons. The number of carbonyl (C=O) groups is 1. The van der Waals surface area contributed by atoms with E-state index in [4.69, 9.17) is 4.74 Å². The number of hydrogen-bond acceptors (Lipinski definition) is 7. The van der Waals surface area contributed by atoms with Crippen molar-refractivity contribution in [2.45, 2.75) is 25.9 Å². The second-order valence-electron chi connectivity index (χ2n) is 7.62. The summed E-state index contributed by atoms with van der Waals surface area (Å²) in [5.41, 5.74) is 3.22. The van der Waals surface area contributed by atoms with E-state index in [0.29, 0.717) is 33.8 Å². The minimum Gasteiger partial charge on any atom is -0.618 e. The van der Waals surface area contributed by atoms with Crippen molar-refractivity contribution in [1.29, 1.82) is 0 Å². The van der Waals surface area contributed by atoms with Gasteiger partial charge in [-0.15, -0.1) is 0 Å². The van der Waals surface area contributed by atoms with Crippen molar-refractivity contribution >= 4 is 21.5 Å². The van der Waals surface area contributed by atoms with Gasteiger partial charge in [0.2, 0.25) is 15.0 Å². The number of benzene rings is 1. The molecule has 0 saturated carbocycles. The van der Waals surface area contributed by atoms with Crippen LogP contribution in [0.15, 0.2) is 53.8 Å². The summed E-state index contributed by atoms with van der Waals surface area (Å²) < 4.78 is 32.5. The molecule has 0 aliphatic rings. The van der Waals surface area contributed by atoms with Crippen LogP contribution in [0.1, 0.15) is 28.8 Å². The summed E-state index contributed by atoms with van der Waals surface area (Å²) >= 11 is 0. The zero-order valence-electron chi connectivity index (χ0n) is 18.6. The average Bonchev–Trinajstić information content (AvgIpc) is 3.21. The molecule has 0 amide bonds. The van der Waals surface area contributed by atoms with E-state index in [1.54, 1.807) is 45.0 Å². The summed E-state index contributed by atoms with van der Waals surface area (Å²) in [7, 11) is -3.80. The number of rotatable bonds is 5. The molecule has 0 spiro atoms. The molecule has 4 aromatic rings. The van der Waals surface area contributed by atoms with Gasteiger partial charge in [0.05, 0.1) is 17.9 Å². The van der Waals surface area contributed by atoms with Crippen molar-refractivity contribution in [2.75, 3.05) is 12.9 Å². The molecule has 3 aromatic heterocycles. The molecule has 0 aliphatic heterocycles. The number of aryl methyl sites for hydroxylation is 2. The molecule has 0 atom stereocenters. The minimum absolute atomic E-state index is 0.0433. The van der Waals surface area contributed by atoms with Gasteiger partial charge in [0.25, 0.3) is 0 Å². The summed E-state index contributed by atoms with van der Waals surface area (Å²) in [4.78, 5) is 21.4. The molecule has 0 bridgehead atoms. The molecule has 1 aromatic carbocycles. The molecule has 3 heterocycles. The molecule has 0 N–H and O–H groups in total. The number of nitrogens with zero attached hydrogens (tertiary/aromatic N) is 4. The highest BCUT2D eigenvalue weighted by Crippen LogP contribution is 2.36. The van der Waals surface area contributed by atoms with Crippen LogP contribution in [-0.4, -0.2) is 41.6 Å². The number of imidazole rings is 1. The molecule has 0 aliphatic carbocycles. The van der Waals surface area contributed by atoms with Crippen molar-refractivity contribution in [2.24, 2.45) is 0 Å². The van der Waals surface area contributed by atoms with E-state index in [2.05, 4.69) is 9.97 Å².